The van der Waals surface area contributed by atoms with E-state index in [1.165, 1.54) is 38.4 Å². The highest BCUT2D eigenvalue weighted by Gasteiger charge is 2.50. The fourth-order valence-corrected chi connectivity index (χ4v) is 5.24. The summed E-state index contributed by atoms with van der Waals surface area (Å²) >= 11 is 0. The van der Waals surface area contributed by atoms with Crippen molar-refractivity contribution in [3.05, 3.63) is 27.9 Å². The summed E-state index contributed by atoms with van der Waals surface area (Å²) in [6, 6.07) is 0. The molecule has 1 aromatic heterocycles. The molecule has 106 valence electrons. The zero-order valence-electron chi connectivity index (χ0n) is 11.2. The van der Waals surface area contributed by atoms with Crippen LogP contribution in [0.2, 0.25) is 0 Å². The average molecular weight is 274 g/mol. The van der Waals surface area contributed by atoms with Crippen LogP contribution in [0.4, 0.5) is 0 Å². The molecule has 0 radical (unpaired) electrons. The lowest BCUT2D eigenvalue weighted by Crippen LogP contribution is -2.45. The quantitative estimate of drug-likeness (QED) is 0.864. The Bertz CT molecular complexity index is 594. The first-order valence-electron chi connectivity index (χ1n) is 7.44. The number of rotatable bonds is 2. The SMILES string of the molecule is O=C(O)c1c(C2C3CC4CC(C3)CC2C4)nc[nH]c1=O. The normalized spacial score (nSPS) is 38.1. The van der Waals surface area contributed by atoms with E-state index in [-0.39, 0.29) is 11.5 Å². The highest BCUT2D eigenvalue weighted by molar-refractivity contribution is 5.88. The van der Waals surface area contributed by atoms with E-state index >= 15 is 0 Å². The third-order valence-corrected chi connectivity index (χ3v) is 5.64. The molecular formula is C15H18N2O3. The van der Waals surface area contributed by atoms with Crippen LogP contribution < -0.4 is 5.56 Å². The van der Waals surface area contributed by atoms with Gasteiger partial charge in [0.15, 0.2) is 0 Å². The molecular weight excluding hydrogens is 256 g/mol. The van der Waals surface area contributed by atoms with Gasteiger partial charge in [0.1, 0.15) is 5.56 Å². The van der Waals surface area contributed by atoms with Crippen LogP contribution in [-0.2, 0) is 0 Å². The van der Waals surface area contributed by atoms with Crippen molar-refractivity contribution >= 4 is 5.97 Å². The molecule has 0 saturated heterocycles. The van der Waals surface area contributed by atoms with E-state index in [2.05, 4.69) is 9.97 Å². The number of aromatic nitrogens is 2. The maximum atomic E-state index is 11.8. The van der Waals surface area contributed by atoms with E-state index in [4.69, 9.17) is 0 Å². The number of carboxylic acids is 1. The van der Waals surface area contributed by atoms with E-state index in [1.807, 2.05) is 0 Å². The summed E-state index contributed by atoms with van der Waals surface area (Å²) in [5.41, 5.74) is -0.115. The summed E-state index contributed by atoms with van der Waals surface area (Å²) in [7, 11) is 0. The molecule has 5 nitrogen and oxygen atoms in total. The molecule has 4 aliphatic rings. The zero-order chi connectivity index (χ0) is 13.9. The molecule has 4 fully saturated rings. The fourth-order valence-electron chi connectivity index (χ4n) is 5.24. The molecule has 0 amide bonds. The third kappa shape index (κ3) is 1.65. The van der Waals surface area contributed by atoms with Gasteiger partial charge in [0.2, 0.25) is 0 Å². The largest absolute Gasteiger partial charge is 0.477 e. The van der Waals surface area contributed by atoms with Gasteiger partial charge in [-0.25, -0.2) is 9.78 Å². The van der Waals surface area contributed by atoms with Gasteiger partial charge in [-0.05, 0) is 55.8 Å². The minimum absolute atomic E-state index is 0.134. The van der Waals surface area contributed by atoms with E-state index in [9.17, 15) is 14.7 Å². The first-order chi connectivity index (χ1) is 9.63. The summed E-state index contributed by atoms with van der Waals surface area (Å²) in [6.45, 7) is 0. The van der Waals surface area contributed by atoms with Gasteiger partial charge in [0, 0.05) is 5.92 Å². The van der Waals surface area contributed by atoms with Gasteiger partial charge in [-0.3, -0.25) is 4.79 Å². The van der Waals surface area contributed by atoms with E-state index in [0.717, 1.165) is 11.8 Å². The Balaban J connectivity index is 1.80. The number of hydrogen-bond donors (Lipinski definition) is 2. The molecule has 2 N–H and O–H groups in total. The lowest BCUT2D eigenvalue weighted by molar-refractivity contribution is -0.00465. The molecule has 5 rings (SSSR count). The molecule has 0 unspecified atom stereocenters. The van der Waals surface area contributed by atoms with Crippen molar-refractivity contribution < 1.29 is 9.90 Å². The maximum absolute atomic E-state index is 11.8. The van der Waals surface area contributed by atoms with Gasteiger partial charge in [0.05, 0.1) is 12.0 Å². The Labute approximate surface area is 116 Å². The summed E-state index contributed by atoms with van der Waals surface area (Å²) < 4.78 is 0. The summed E-state index contributed by atoms with van der Waals surface area (Å²) in [5, 5.41) is 9.34. The van der Waals surface area contributed by atoms with Crippen LogP contribution in [0.3, 0.4) is 0 Å². The second kappa shape index (κ2) is 4.17. The van der Waals surface area contributed by atoms with Crippen LogP contribution in [0.5, 0.6) is 0 Å². The summed E-state index contributed by atoms with van der Waals surface area (Å²) in [4.78, 5) is 29.9. The van der Waals surface area contributed by atoms with Crippen molar-refractivity contribution in [2.24, 2.45) is 23.7 Å². The van der Waals surface area contributed by atoms with Gasteiger partial charge in [-0.2, -0.15) is 0 Å². The van der Waals surface area contributed by atoms with Gasteiger partial charge < -0.3 is 10.1 Å². The topological polar surface area (TPSA) is 83.0 Å². The second-order valence-corrected chi connectivity index (χ2v) is 6.75. The molecule has 4 aliphatic carbocycles. The van der Waals surface area contributed by atoms with Crippen molar-refractivity contribution in [3.63, 3.8) is 0 Å². The van der Waals surface area contributed by atoms with Crippen molar-refractivity contribution in [2.75, 3.05) is 0 Å². The number of hydrogen-bond acceptors (Lipinski definition) is 3. The van der Waals surface area contributed by atoms with Crippen LogP contribution in [0, 0.1) is 23.7 Å². The molecule has 4 saturated carbocycles. The number of nitrogens with zero attached hydrogens (tertiary/aromatic N) is 1. The fraction of sp³-hybridized carbons (Fsp3) is 0.667. The van der Waals surface area contributed by atoms with Crippen LogP contribution >= 0.6 is 0 Å². The molecule has 0 atom stereocenters. The standard InChI is InChI=1S/C15H18N2O3/c18-14-12(15(19)20)13(16-6-17-14)11-9-2-7-1-8(4-9)5-10(11)3-7/h6-11H,1-5H2,(H,19,20)(H,16,17,18). The van der Waals surface area contributed by atoms with Crippen LogP contribution in [0.25, 0.3) is 0 Å². The molecule has 0 aromatic carbocycles. The molecule has 0 spiro atoms. The van der Waals surface area contributed by atoms with Gasteiger partial charge >= 0.3 is 5.97 Å². The van der Waals surface area contributed by atoms with E-state index in [0.29, 0.717) is 17.5 Å². The monoisotopic (exact) mass is 274 g/mol. The Kier molecular flexibility index (Phi) is 2.53. The second-order valence-electron chi connectivity index (χ2n) is 6.75. The minimum Gasteiger partial charge on any atom is -0.477 e. The van der Waals surface area contributed by atoms with Crippen molar-refractivity contribution in [1.82, 2.24) is 9.97 Å². The van der Waals surface area contributed by atoms with Crippen molar-refractivity contribution in [2.45, 2.75) is 38.0 Å². The smallest absolute Gasteiger partial charge is 0.343 e. The third-order valence-electron chi connectivity index (χ3n) is 5.64. The first-order valence-corrected chi connectivity index (χ1v) is 7.44. The number of nitrogens with one attached hydrogen (secondary N) is 1. The summed E-state index contributed by atoms with van der Waals surface area (Å²) in [6.07, 6.45) is 7.45. The van der Waals surface area contributed by atoms with Crippen LogP contribution in [0.15, 0.2) is 11.1 Å². The van der Waals surface area contributed by atoms with E-state index < -0.39 is 11.5 Å². The van der Waals surface area contributed by atoms with Crippen molar-refractivity contribution in [3.8, 4) is 0 Å². The predicted molar refractivity (Wildman–Crippen MR) is 71.6 cm³/mol. The number of aromatic amines is 1. The lowest BCUT2D eigenvalue weighted by Gasteiger charge is -2.54. The Morgan fingerprint density at radius 2 is 1.75 bits per heavy atom. The highest BCUT2D eigenvalue weighted by Crippen LogP contribution is 2.59. The molecule has 4 bridgehead atoms. The maximum Gasteiger partial charge on any atom is 0.343 e. The van der Waals surface area contributed by atoms with E-state index in [1.54, 1.807) is 0 Å². The predicted octanol–water partition coefficient (Wildman–Crippen LogP) is 2.01. The lowest BCUT2D eigenvalue weighted by atomic mass is 9.51. The van der Waals surface area contributed by atoms with Crippen LogP contribution in [-0.4, -0.2) is 21.0 Å². The number of H-pyrrole nitrogens is 1. The van der Waals surface area contributed by atoms with Gasteiger partial charge in [0.25, 0.3) is 5.56 Å². The Morgan fingerprint density at radius 1 is 1.15 bits per heavy atom. The zero-order valence-corrected chi connectivity index (χ0v) is 11.2. The van der Waals surface area contributed by atoms with Crippen molar-refractivity contribution in [1.29, 1.82) is 0 Å². The van der Waals surface area contributed by atoms with Gasteiger partial charge in [-0.1, -0.05) is 0 Å². The first kappa shape index (κ1) is 12.1. The molecule has 20 heavy (non-hydrogen) atoms. The number of aromatic carboxylic acids is 1. The minimum atomic E-state index is -1.15. The Morgan fingerprint density at radius 3 is 2.30 bits per heavy atom. The molecule has 1 aromatic rings. The average Bonchev–Trinajstić information content (AvgIpc) is 2.36. The van der Waals surface area contributed by atoms with Crippen LogP contribution in [0.1, 0.15) is 54.1 Å². The number of carbonyl (C=O) groups is 1. The molecule has 0 aliphatic heterocycles. The van der Waals surface area contributed by atoms with Gasteiger partial charge in [-0.15, -0.1) is 0 Å². The summed E-state index contributed by atoms with van der Waals surface area (Å²) in [5.74, 6) is 1.73. The molecule has 5 heteroatoms. The molecule has 1 heterocycles. The highest BCUT2D eigenvalue weighted by atomic mass is 16.4. The Hall–Kier alpha value is -1.65. The number of carboxylic acid groups (broad SMARTS) is 1.